The molecule has 0 aliphatic carbocycles. The number of rotatable bonds is 2. The second-order valence-electron chi connectivity index (χ2n) is 3.31. The number of nitrogens with one attached hydrogen (secondary N) is 1. The van der Waals surface area contributed by atoms with Gasteiger partial charge in [-0.1, -0.05) is 17.7 Å². The van der Waals surface area contributed by atoms with E-state index in [1.807, 2.05) is 0 Å². The van der Waals surface area contributed by atoms with E-state index in [2.05, 4.69) is 15.3 Å². The summed E-state index contributed by atoms with van der Waals surface area (Å²) < 4.78 is 13.3. The van der Waals surface area contributed by atoms with Gasteiger partial charge in [0, 0.05) is 11.8 Å². The third-order valence-corrected chi connectivity index (χ3v) is 2.28. The lowest BCUT2D eigenvalue weighted by Crippen LogP contribution is -1.95. The molecular formula is C11H9ClFN3. The summed E-state index contributed by atoms with van der Waals surface area (Å²) in [4.78, 5) is 7.71. The Morgan fingerprint density at radius 3 is 2.75 bits per heavy atom. The van der Waals surface area contributed by atoms with E-state index in [1.54, 1.807) is 25.1 Å². The smallest absolute Gasteiger partial charge is 0.135 e. The molecule has 0 saturated carbocycles. The molecule has 0 unspecified atom stereocenters. The van der Waals surface area contributed by atoms with Gasteiger partial charge in [-0.25, -0.2) is 14.4 Å². The number of benzene rings is 1. The van der Waals surface area contributed by atoms with Gasteiger partial charge in [0.1, 0.15) is 23.1 Å². The van der Waals surface area contributed by atoms with E-state index >= 15 is 0 Å². The molecule has 1 heterocycles. The molecular weight excluding hydrogens is 229 g/mol. The maximum Gasteiger partial charge on any atom is 0.135 e. The van der Waals surface area contributed by atoms with Gasteiger partial charge in [-0.05, 0) is 24.6 Å². The van der Waals surface area contributed by atoms with Crippen LogP contribution in [0.5, 0.6) is 0 Å². The van der Waals surface area contributed by atoms with Gasteiger partial charge in [0.05, 0.1) is 0 Å². The standard InChI is InChI=1S/C11H9ClFN3/c1-7-2-3-8(4-9(7)13)16-11-5-10(12)14-6-15-11/h2-6H,1H3,(H,14,15,16). The van der Waals surface area contributed by atoms with Crippen LogP contribution in [0.3, 0.4) is 0 Å². The highest BCUT2D eigenvalue weighted by molar-refractivity contribution is 6.29. The Balaban J connectivity index is 2.24. The lowest BCUT2D eigenvalue weighted by molar-refractivity contribution is 0.619. The van der Waals surface area contributed by atoms with Crippen molar-refractivity contribution in [2.24, 2.45) is 0 Å². The van der Waals surface area contributed by atoms with Crippen LogP contribution in [-0.2, 0) is 0 Å². The highest BCUT2D eigenvalue weighted by Gasteiger charge is 2.01. The summed E-state index contributed by atoms with van der Waals surface area (Å²) in [6, 6.07) is 6.44. The van der Waals surface area contributed by atoms with Crippen LogP contribution in [0.25, 0.3) is 0 Å². The van der Waals surface area contributed by atoms with E-state index in [-0.39, 0.29) is 5.82 Å². The van der Waals surface area contributed by atoms with Crippen LogP contribution in [-0.4, -0.2) is 9.97 Å². The van der Waals surface area contributed by atoms with Crippen LogP contribution in [0.2, 0.25) is 5.15 Å². The van der Waals surface area contributed by atoms with Crippen molar-refractivity contribution in [1.29, 1.82) is 0 Å². The zero-order chi connectivity index (χ0) is 11.5. The van der Waals surface area contributed by atoms with Crippen LogP contribution in [0, 0.1) is 12.7 Å². The fourth-order valence-corrected chi connectivity index (χ4v) is 1.37. The van der Waals surface area contributed by atoms with Gasteiger partial charge in [0.15, 0.2) is 0 Å². The zero-order valence-electron chi connectivity index (χ0n) is 8.54. The number of nitrogens with zero attached hydrogens (tertiary/aromatic N) is 2. The van der Waals surface area contributed by atoms with Crippen molar-refractivity contribution in [2.45, 2.75) is 6.92 Å². The number of aryl methyl sites for hydroxylation is 1. The van der Waals surface area contributed by atoms with Crippen molar-refractivity contribution in [3.8, 4) is 0 Å². The predicted octanol–water partition coefficient (Wildman–Crippen LogP) is 3.32. The monoisotopic (exact) mass is 237 g/mol. The molecule has 0 aliphatic rings. The predicted molar refractivity (Wildman–Crippen MR) is 61.5 cm³/mol. The van der Waals surface area contributed by atoms with Crippen molar-refractivity contribution >= 4 is 23.1 Å². The Bertz CT molecular complexity index is 516. The molecule has 0 atom stereocenters. The SMILES string of the molecule is Cc1ccc(Nc2cc(Cl)ncn2)cc1F. The second-order valence-corrected chi connectivity index (χ2v) is 3.70. The first-order valence-electron chi connectivity index (χ1n) is 4.66. The summed E-state index contributed by atoms with van der Waals surface area (Å²) in [6.07, 6.45) is 1.34. The average molecular weight is 238 g/mol. The summed E-state index contributed by atoms with van der Waals surface area (Å²) in [6.45, 7) is 1.71. The quantitative estimate of drug-likeness (QED) is 0.815. The van der Waals surface area contributed by atoms with Gasteiger partial charge in [0.2, 0.25) is 0 Å². The highest BCUT2D eigenvalue weighted by atomic mass is 35.5. The Morgan fingerprint density at radius 2 is 2.06 bits per heavy atom. The highest BCUT2D eigenvalue weighted by Crippen LogP contribution is 2.18. The van der Waals surface area contributed by atoms with Crippen LogP contribution >= 0.6 is 11.6 Å². The number of aromatic nitrogens is 2. The molecule has 3 nitrogen and oxygen atoms in total. The summed E-state index contributed by atoms with van der Waals surface area (Å²) >= 11 is 5.70. The molecule has 0 bridgehead atoms. The number of anilines is 2. The first-order valence-corrected chi connectivity index (χ1v) is 5.03. The molecule has 0 spiro atoms. The molecule has 0 fully saturated rings. The molecule has 1 N–H and O–H groups in total. The molecule has 0 amide bonds. The number of hydrogen-bond acceptors (Lipinski definition) is 3. The van der Waals surface area contributed by atoms with E-state index < -0.39 is 0 Å². The molecule has 1 aromatic carbocycles. The van der Waals surface area contributed by atoms with Crippen LogP contribution < -0.4 is 5.32 Å². The third-order valence-electron chi connectivity index (χ3n) is 2.08. The summed E-state index contributed by atoms with van der Waals surface area (Å²) in [5, 5.41) is 3.28. The molecule has 1 aromatic heterocycles. The van der Waals surface area contributed by atoms with E-state index in [0.717, 1.165) is 0 Å². The molecule has 2 rings (SSSR count). The molecule has 5 heteroatoms. The Kier molecular flexibility index (Phi) is 3.01. The zero-order valence-corrected chi connectivity index (χ0v) is 9.29. The van der Waals surface area contributed by atoms with E-state index in [1.165, 1.54) is 12.4 Å². The largest absolute Gasteiger partial charge is 0.340 e. The second kappa shape index (κ2) is 4.45. The fraction of sp³-hybridized carbons (Fsp3) is 0.0909. The average Bonchev–Trinajstić information content (AvgIpc) is 2.24. The molecule has 0 radical (unpaired) electrons. The van der Waals surface area contributed by atoms with Crippen molar-refractivity contribution in [3.05, 3.63) is 47.1 Å². The maximum atomic E-state index is 13.3. The Hall–Kier alpha value is -1.68. The summed E-state index contributed by atoms with van der Waals surface area (Å²) in [5.74, 6) is 0.272. The van der Waals surface area contributed by atoms with E-state index in [4.69, 9.17) is 11.6 Å². The third kappa shape index (κ3) is 2.46. The topological polar surface area (TPSA) is 37.8 Å². The maximum absolute atomic E-state index is 13.3. The summed E-state index contributed by atoms with van der Waals surface area (Å²) in [7, 11) is 0. The van der Waals surface area contributed by atoms with Gasteiger partial charge in [0.25, 0.3) is 0 Å². The lowest BCUT2D eigenvalue weighted by Gasteiger charge is -2.06. The molecule has 16 heavy (non-hydrogen) atoms. The molecule has 0 aliphatic heterocycles. The van der Waals surface area contributed by atoms with Gasteiger partial charge < -0.3 is 5.32 Å². The first kappa shape index (κ1) is 10.8. The van der Waals surface area contributed by atoms with Crippen molar-refractivity contribution < 1.29 is 4.39 Å². The van der Waals surface area contributed by atoms with E-state index in [9.17, 15) is 4.39 Å². The number of hydrogen-bond donors (Lipinski definition) is 1. The minimum atomic E-state index is -0.259. The molecule has 0 saturated heterocycles. The molecule has 82 valence electrons. The normalized spacial score (nSPS) is 10.2. The fourth-order valence-electron chi connectivity index (χ4n) is 1.22. The van der Waals surface area contributed by atoms with Gasteiger partial charge in [-0.15, -0.1) is 0 Å². The lowest BCUT2D eigenvalue weighted by atomic mass is 10.2. The van der Waals surface area contributed by atoms with Crippen molar-refractivity contribution in [2.75, 3.05) is 5.32 Å². The van der Waals surface area contributed by atoms with Crippen LogP contribution in [0.1, 0.15) is 5.56 Å². The van der Waals surface area contributed by atoms with Gasteiger partial charge >= 0.3 is 0 Å². The Labute approximate surface area is 97.3 Å². The first-order chi connectivity index (χ1) is 7.65. The minimum Gasteiger partial charge on any atom is -0.340 e. The van der Waals surface area contributed by atoms with E-state index in [0.29, 0.717) is 22.2 Å². The van der Waals surface area contributed by atoms with Crippen LogP contribution in [0.15, 0.2) is 30.6 Å². The van der Waals surface area contributed by atoms with Gasteiger partial charge in [-0.2, -0.15) is 0 Å². The number of halogens is 2. The minimum absolute atomic E-state index is 0.259. The van der Waals surface area contributed by atoms with Crippen molar-refractivity contribution in [1.82, 2.24) is 9.97 Å². The Morgan fingerprint density at radius 1 is 1.25 bits per heavy atom. The summed E-state index contributed by atoms with van der Waals surface area (Å²) in [5.41, 5.74) is 1.23. The van der Waals surface area contributed by atoms with Crippen molar-refractivity contribution in [3.63, 3.8) is 0 Å². The molecule has 2 aromatic rings. The van der Waals surface area contributed by atoms with Crippen LogP contribution in [0.4, 0.5) is 15.9 Å². The van der Waals surface area contributed by atoms with Gasteiger partial charge in [-0.3, -0.25) is 0 Å².